The first kappa shape index (κ1) is 65.8. The van der Waals surface area contributed by atoms with Crippen LogP contribution in [0, 0.1) is 0 Å². The largest absolute Gasteiger partial charge is 0.465 e. The number of unbranched alkanes of at least 4 members (excludes halogenated alkanes) is 36. The number of allylic oxidation sites excluding steroid dienone is 7. The van der Waals surface area contributed by atoms with E-state index in [4.69, 9.17) is 4.74 Å². The van der Waals surface area contributed by atoms with Crippen molar-refractivity contribution in [1.82, 2.24) is 5.32 Å². The molecule has 3 N–H and O–H groups in total. The molecule has 2 atom stereocenters. The number of aliphatic hydroxyl groups excluding tert-OH is 2. The average Bonchev–Trinajstić information content (AvgIpc) is 3.34. The van der Waals surface area contributed by atoms with E-state index < -0.39 is 12.1 Å². The van der Waals surface area contributed by atoms with Crippen molar-refractivity contribution in [1.29, 1.82) is 0 Å². The fourth-order valence-corrected chi connectivity index (χ4v) is 9.04. The van der Waals surface area contributed by atoms with Crippen LogP contribution in [-0.2, 0) is 14.3 Å². The minimum Gasteiger partial charge on any atom is -0.465 e. The summed E-state index contributed by atoms with van der Waals surface area (Å²) in [5.41, 5.74) is 0. The number of nitrogens with one attached hydrogen (secondary N) is 1. The second-order valence-electron chi connectivity index (χ2n) is 20.3. The van der Waals surface area contributed by atoms with Gasteiger partial charge in [0.05, 0.1) is 25.4 Å². The van der Waals surface area contributed by atoms with Crippen LogP contribution >= 0.6 is 0 Å². The Morgan fingerprint density at radius 2 is 0.735 bits per heavy atom. The van der Waals surface area contributed by atoms with Crippen LogP contribution in [0.3, 0.4) is 0 Å². The van der Waals surface area contributed by atoms with Crippen LogP contribution in [-0.4, -0.2) is 47.4 Å². The molecule has 398 valence electrons. The third-order valence-electron chi connectivity index (χ3n) is 13.6. The van der Waals surface area contributed by atoms with Gasteiger partial charge < -0.3 is 20.3 Å². The smallest absolute Gasteiger partial charge is 0.305 e. The van der Waals surface area contributed by atoms with Gasteiger partial charge in [-0.3, -0.25) is 9.59 Å². The zero-order chi connectivity index (χ0) is 49.3. The van der Waals surface area contributed by atoms with E-state index in [1.54, 1.807) is 0 Å². The summed E-state index contributed by atoms with van der Waals surface area (Å²) < 4.78 is 5.42. The van der Waals surface area contributed by atoms with Crippen molar-refractivity contribution in [3.63, 3.8) is 0 Å². The molecular formula is C62H115NO5. The summed E-state index contributed by atoms with van der Waals surface area (Å²) in [5, 5.41) is 23.2. The summed E-state index contributed by atoms with van der Waals surface area (Å²) >= 11 is 0. The molecule has 6 nitrogen and oxygen atoms in total. The molecule has 0 bridgehead atoms. The first-order valence-corrected chi connectivity index (χ1v) is 29.9. The number of esters is 1. The molecule has 0 aromatic carbocycles. The lowest BCUT2D eigenvalue weighted by Crippen LogP contribution is -2.45. The zero-order valence-corrected chi connectivity index (χ0v) is 45.3. The molecular weight excluding hydrogens is 839 g/mol. The average molecular weight is 955 g/mol. The van der Waals surface area contributed by atoms with Crippen LogP contribution in [0.5, 0.6) is 0 Å². The van der Waals surface area contributed by atoms with Gasteiger partial charge in [-0.25, -0.2) is 0 Å². The lowest BCUT2D eigenvalue weighted by molar-refractivity contribution is -0.143. The highest BCUT2D eigenvalue weighted by atomic mass is 16.5. The van der Waals surface area contributed by atoms with Gasteiger partial charge in [-0.1, -0.05) is 268 Å². The number of carbonyl (C=O) groups excluding carboxylic acids is 2. The van der Waals surface area contributed by atoms with Crippen molar-refractivity contribution in [2.75, 3.05) is 13.2 Å². The number of hydrogen-bond acceptors (Lipinski definition) is 5. The van der Waals surface area contributed by atoms with Crippen LogP contribution in [0.4, 0.5) is 0 Å². The molecule has 0 aliphatic rings. The van der Waals surface area contributed by atoms with Crippen LogP contribution < -0.4 is 5.32 Å². The molecule has 0 spiro atoms. The Labute approximate surface area is 423 Å². The third-order valence-corrected chi connectivity index (χ3v) is 13.6. The quantitative estimate of drug-likeness (QED) is 0.0321. The van der Waals surface area contributed by atoms with E-state index in [0.717, 1.165) is 57.8 Å². The van der Waals surface area contributed by atoms with Crippen LogP contribution in [0.15, 0.2) is 48.6 Å². The maximum Gasteiger partial charge on any atom is 0.305 e. The third kappa shape index (κ3) is 53.2. The summed E-state index contributed by atoms with van der Waals surface area (Å²) in [4.78, 5) is 24.5. The summed E-state index contributed by atoms with van der Waals surface area (Å²) in [6, 6.07) is -0.545. The second kappa shape index (κ2) is 57.4. The lowest BCUT2D eigenvalue weighted by atomic mass is 10.0. The van der Waals surface area contributed by atoms with Crippen molar-refractivity contribution in [3.8, 4) is 0 Å². The lowest BCUT2D eigenvalue weighted by Gasteiger charge is -2.22. The van der Waals surface area contributed by atoms with E-state index in [1.165, 1.54) is 218 Å². The molecule has 0 aromatic heterocycles. The van der Waals surface area contributed by atoms with Gasteiger partial charge in [-0.15, -0.1) is 0 Å². The molecule has 0 heterocycles. The maximum absolute atomic E-state index is 12.5. The van der Waals surface area contributed by atoms with Gasteiger partial charge in [0, 0.05) is 12.8 Å². The second-order valence-corrected chi connectivity index (χ2v) is 20.3. The predicted octanol–water partition coefficient (Wildman–Crippen LogP) is 18.6. The molecule has 0 aliphatic heterocycles. The molecule has 0 saturated heterocycles. The van der Waals surface area contributed by atoms with Gasteiger partial charge >= 0.3 is 5.97 Å². The number of ether oxygens (including phenoxy) is 1. The Morgan fingerprint density at radius 1 is 0.412 bits per heavy atom. The van der Waals surface area contributed by atoms with Gasteiger partial charge in [0.2, 0.25) is 5.91 Å². The SMILES string of the molecule is CCCCC/C=C\C/C=C\CCCCCCCCCC(=O)OCC/C=C\C/C=C\CCCCCCCCCCCCCCCCC(=O)NC(CO)C(O)CCCCCCCCCCCCCCC. The number of aliphatic hydroxyl groups is 2. The Balaban J connectivity index is 3.45. The summed E-state index contributed by atoms with van der Waals surface area (Å²) in [7, 11) is 0. The highest BCUT2D eigenvalue weighted by Crippen LogP contribution is 2.17. The van der Waals surface area contributed by atoms with Crippen molar-refractivity contribution in [2.45, 2.75) is 321 Å². The standard InChI is InChI=1S/C62H115NO5/c1-3-5-7-9-11-13-15-17-18-24-28-32-36-40-44-48-52-56-62(67)68-57-53-49-45-41-37-33-29-26-23-21-19-20-22-25-27-31-35-39-43-47-51-55-61(66)63-59(58-64)60(65)54-50-46-42-38-34-30-16-14-12-10-8-6-4-2/h11,13,17-18,33,37,45,49,59-60,64-65H,3-10,12,14-16,19-32,34-36,38-44,46-48,50-58H2,1-2H3,(H,63,66)/b13-11-,18-17-,37-33-,49-45-. The fraction of sp³-hybridized carbons (Fsp3) is 0.839. The van der Waals surface area contributed by atoms with Crippen LogP contribution in [0.2, 0.25) is 0 Å². The van der Waals surface area contributed by atoms with E-state index in [1.807, 2.05) is 0 Å². The fourth-order valence-electron chi connectivity index (χ4n) is 9.04. The van der Waals surface area contributed by atoms with E-state index in [-0.39, 0.29) is 18.5 Å². The maximum atomic E-state index is 12.5. The first-order chi connectivity index (χ1) is 33.5. The first-order valence-electron chi connectivity index (χ1n) is 29.9. The summed E-state index contributed by atoms with van der Waals surface area (Å²) in [5.74, 6) is -0.0834. The van der Waals surface area contributed by atoms with Crippen molar-refractivity contribution >= 4 is 11.9 Å². The Hall–Kier alpha value is -2.18. The highest BCUT2D eigenvalue weighted by Gasteiger charge is 2.20. The predicted molar refractivity (Wildman–Crippen MR) is 296 cm³/mol. The molecule has 0 saturated carbocycles. The Morgan fingerprint density at radius 3 is 1.15 bits per heavy atom. The van der Waals surface area contributed by atoms with E-state index in [2.05, 4.69) is 67.8 Å². The monoisotopic (exact) mass is 954 g/mol. The van der Waals surface area contributed by atoms with Gasteiger partial charge in [-0.05, 0) is 77.0 Å². The van der Waals surface area contributed by atoms with Gasteiger partial charge in [0.15, 0.2) is 0 Å². The van der Waals surface area contributed by atoms with E-state index in [0.29, 0.717) is 25.9 Å². The number of hydrogen-bond donors (Lipinski definition) is 3. The molecule has 0 rings (SSSR count). The van der Waals surface area contributed by atoms with Crippen LogP contribution in [0.1, 0.15) is 309 Å². The van der Waals surface area contributed by atoms with Crippen molar-refractivity contribution in [2.24, 2.45) is 0 Å². The van der Waals surface area contributed by atoms with Crippen LogP contribution in [0.25, 0.3) is 0 Å². The summed E-state index contributed by atoms with van der Waals surface area (Å²) in [6.07, 6.45) is 72.7. The van der Waals surface area contributed by atoms with Crippen molar-refractivity contribution < 1.29 is 24.5 Å². The molecule has 1 amide bonds. The normalized spacial score (nSPS) is 12.9. The van der Waals surface area contributed by atoms with E-state index >= 15 is 0 Å². The number of carbonyl (C=O) groups is 2. The zero-order valence-electron chi connectivity index (χ0n) is 45.3. The molecule has 0 aromatic rings. The molecule has 68 heavy (non-hydrogen) atoms. The van der Waals surface area contributed by atoms with E-state index in [9.17, 15) is 19.8 Å². The minimum atomic E-state index is -0.668. The minimum absolute atomic E-state index is 0.0401. The topological polar surface area (TPSA) is 95.9 Å². The molecule has 6 heteroatoms. The number of amides is 1. The molecule has 0 radical (unpaired) electrons. The Kier molecular flexibility index (Phi) is 55.6. The highest BCUT2D eigenvalue weighted by molar-refractivity contribution is 5.76. The van der Waals surface area contributed by atoms with Gasteiger partial charge in [-0.2, -0.15) is 0 Å². The molecule has 2 unspecified atom stereocenters. The Bertz CT molecular complexity index is 1150. The molecule has 0 aliphatic carbocycles. The molecule has 0 fully saturated rings. The van der Waals surface area contributed by atoms with Crippen molar-refractivity contribution in [3.05, 3.63) is 48.6 Å². The summed E-state index contributed by atoms with van der Waals surface area (Å²) in [6.45, 7) is 4.82. The van der Waals surface area contributed by atoms with Gasteiger partial charge in [0.1, 0.15) is 0 Å². The number of rotatable bonds is 55. The van der Waals surface area contributed by atoms with Gasteiger partial charge in [0.25, 0.3) is 0 Å².